The zero-order valence-corrected chi connectivity index (χ0v) is 9.09. The summed E-state index contributed by atoms with van der Waals surface area (Å²) < 4.78 is 23.4. The van der Waals surface area contributed by atoms with Gasteiger partial charge < -0.3 is 0 Å². The van der Waals surface area contributed by atoms with E-state index in [1.807, 2.05) is 0 Å². The zero-order chi connectivity index (χ0) is 11.8. The molecule has 2 aromatic rings. The van der Waals surface area contributed by atoms with Crippen LogP contribution in [0.4, 0.5) is 0 Å². The van der Waals surface area contributed by atoms with E-state index in [2.05, 4.69) is 25.3 Å². The molecule has 9 nitrogen and oxygen atoms in total. The first-order valence-corrected chi connectivity index (χ1v) is 5.82. The van der Waals surface area contributed by atoms with E-state index in [1.54, 1.807) is 6.92 Å². The number of nitrogens with zero attached hydrogens (tertiary/aromatic N) is 5. The molecular weight excluding hydrogens is 234 g/mol. The van der Waals surface area contributed by atoms with Gasteiger partial charge >= 0.3 is 0 Å². The molecule has 0 spiro atoms. The minimum absolute atomic E-state index is 0.300. The van der Waals surface area contributed by atoms with Gasteiger partial charge in [0.05, 0.1) is 0 Å². The predicted octanol–water partition coefficient (Wildman–Crippen LogP) is -1.35. The predicted molar refractivity (Wildman–Crippen MR) is 51.6 cm³/mol. The smallest absolute Gasteiger partial charge is 0.260 e. The maximum atomic E-state index is 11.0. The van der Waals surface area contributed by atoms with Crippen molar-refractivity contribution in [3.63, 3.8) is 0 Å². The van der Waals surface area contributed by atoms with Gasteiger partial charge in [-0.25, -0.2) is 23.2 Å². The Morgan fingerprint density at radius 3 is 2.81 bits per heavy atom. The lowest BCUT2D eigenvalue weighted by Gasteiger charge is -2.06. The van der Waals surface area contributed by atoms with Crippen molar-refractivity contribution >= 4 is 10.0 Å². The molecule has 2 rings (SSSR count). The largest absolute Gasteiger partial charge is 0.282 e. The molecule has 0 amide bonds. The minimum atomic E-state index is -3.88. The molecule has 0 aromatic carbocycles. The average Bonchev–Trinajstić information content (AvgIpc) is 2.87. The lowest BCUT2D eigenvalue weighted by Crippen LogP contribution is -2.14. The minimum Gasteiger partial charge on any atom is -0.260 e. The Bertz CT molecular complexity index is 572. The maximum absolute atomic E-state index is 11.0. The molecule has 0 saturated heterocycles. The number of rotatable bonds is 3. The van der Waals surface area contributed by atoms with Gasteiger partial charge in [-0.2, -0.15) is 10.1 Å². The highest BCUT2D eigenvalue weighted by atomic mass is 32.2. The molecule has 2 heterocycles. The molecule has 86 valence electrons. The number of hydrogen-bond donors (Lipinski definition) is 2. The van der Waals surface area contributed by atoms with Crippen LogP contribution in [0.3, 0.4) is 0 Å². The summed E-state index contributed by atoms with van der Waals surface area (Å²) in [5.41, 5.74) is 0. The van der Waals surface area contributed by atoms with Crippen LogP contribution in [0.15, 0.2) is 17.8 Å². The second-order valence-corrected chi connectivity index (χ2v) is 4.55. The van der Waals surface area contributed by atoms with E-state index >= 15 is 0 Å². The molecule has 0 fully saturated rings. The van der Waals surface area contributed by atoms with Gasteiger partial charge in [0.15, 0.2) is 0 Å². The number of H-pyrrole nitrogens is 1. The third-order valence-corrected chi connectivity index (χ3v) is 2.66. The van der Waals surface area contributed by atoms with Crippen LogP contribution in [0.1, 0.15) is 18.8 Å². The van der Waals surface area contributed by atoms with Crippen LogP contribution in [0.25, 0.3) is 0 Å². The summed E-state index contributed by atoms with van der Waals surface area (Å²) in [5, 5.41) is 14.3. The van der Waals surface area contributed by atoms with Crippen LogP contribution in [0.2, 0.25) is 0 Å². The topological polar surface area (TPSA) is 132 Å². The molecule has 0 aliphatic rings. The first kappa shape index (κ1) is 10.7. The molecule has 1 atom stereocenters. The molecule has 0 aliphatic heterocycles. The zero-order valence-electron chi connectivity index (χ0n) is 8.27. The van der Waals surface area contributed by atoms with Gasteiger partial charge in [-0.1, -0.05) is 0 Å². The monoisotopic (exact) mass is 243 g/mol. The van der Waals surface area contributed by atoms with Crippen molar-refractivity contribution in [1.29, 1.82) is 0 Å². The molecule has 2 aromatic heterocycles. The first-order valence-electron chi connectivity index (χ1n) is 4.27. The van der Waals surface area contributed by atoms with Gasteiger partial charge in [0.2, 0.25) is 0 Å². The number of sulfonamides is 1. The molecular formula is C6H9N7O2S. The second-order valence-electron chi connectivity index (χ2n) is 3.10. The quantitative estimate of drug-likeness (QED) is 0.685. The van der Waals surface area contributed by atoms with Crippen molar-refractivity contribution in [1.82, 2.24) is 29.9 Å². The maximum Gasteiger partial charge on any atom is 0.282 e. The molecule has 0 radical (unpaired) electrons. The first-order chi connectivity index (χ1) is 7.48. The fourth-order valence-electron chi connectivity index (χ4n) is 1.11. The average molecular weight is 243 g/mol. The summed E-state index contributed by atoms with van der Waals surface area (Å²) in [5.74, 6) is 0.342. The molecule has 0 aliphatic carbocycles. The Balaban J connectivity index is 2.33. The number of aromatic amines is 1. The summed E-state index contributed by atoms with van der Waals surface area (Å²) in [7, 11) is -3.88. The van der Waals surface area contributed by atoms with Gasteiger partial charge in [-0.3, -0.25) is 5.10 Å². The number of nitrogens with one attached hydrogen (secondary N) is 1. The van der Waals surface area contributed by atoms with Gasteiger partial charge in [0, 0.05) is 0 Å². The Morgan fingerprint density at radius 2 is 2.31 bits per heavy atom. The van der Waals surface area contributed by atoms with Gasteiger partial charge in [0.1, 0.15) is 24.5 Å². The van der Waals surface area contributed by atoms with Crippen LogP contribution in [-0.2, 0) is 10.0 Å². The van der Waals surface area contributed by atoms with E-state index in [4.69, 9.17) is 5.14 Å². The number of hydrogen-bond acceptors (Lipinski definition) is 6. The van der Waals surface area contributed by atoms with E-state index in [0.29, 0.717) is 5.82 Å². The van der Waals surface area contributed by atoms with Gasteiger partial charge in [0.25, 0.3) is 15.2 Å². The molecule has 0 bridgehead atoms. The highest BCUT2D eigenvalue weighted by molar-refractivity contribution is 7.89. The van der Waals surface area contributed by atoms with Gasteiger partial charge in [-0.15, -0.1) is 5.10 Å². The van der Waals surface area contributed by atoms with Crippen molar-refractivity contribution in [3.05, 3.63) is 18.5 Å². The Labute approximate surface area is 90.8 Å². The van der Waals surface area contributed by atoms with E-state index in [0.717, 1.165) is 0 Å². The standard InChI is InChI=1S/C6H9N7O2S/c1-4(13-3-8-2-9-13)5-10-6(12-11-5)16(7,14)15/h2-4H,1H3,(H2,7,14,15)(H,10,11,12). The molecule has 1 unspecified atom stereocenters. The van der Waals surface area contributed by atoms with Crippen molar-refractivity contribution in [2.45, 2.75) is 18.1 Å². The van der Waals surface area contributed by atoms with E-state index in [1.165, 1.54) is 17.3 Å². The van der Waals surface area contributed by atoms with Crippen molar-refractivity contribution in [3.8, 4) is 0 Å². The fraction of sp³-hybridized carbons (Fsp3) is 0.333. The highest BCUT2D eigenvalue weighted by Crippen LogP contribution is 2.12. The Kier molecular flexibility index (Phi) is 2.44. The Hall–Kier alpha value is -1.81. The fourth-order valence-corrected chi connectivity index (χ4v) is 1.51. The third kappa shape index (κ3) is 1.92. The summed E-state index contributed by atoms with van der Waals surface area (Å²) in [6, 6.07) is -0.300. The summed E-state index contributed by atoms with van der Waals surface area (Å²) >= 11 is 0. The summed E-state index contributed by atoms with van der Waals surface area (Å²) in [6.45, 7) is 1.77. The van der Waals surface area contributed by atoms with Crippen LogP contribution >= 0.6 is 0 Å². The van der Waals surface area contributed by atoms with E-state index in [-0.39, 0.29) is 6.04 Å². The van der Waals surface area contributed by atoms with Crippen molar-refractivity contribution < 1.29 is 8.42 Å². The number of primary sulfonamides is 1. The highest BCUT2D eigenvalue weighted by Gasteiger charge is 2.18. The third-order valence-electron chi connectivity index (χ3n) is 1.97. The molecule has 0 saturated carbocycles. The normalized spacial score (nSPS) is 13.9. The second kappa shape index (κ2) is 3.64. The lowest BCUT2D eigenvalue weighted by atomic mass is 10.3. The van der Waals surface area contributed by atoms with E-state index < -0.39 is 15.2 Å². The van der Waals surface area contributed by atoms with E-state index in [9.17, 15) is 8.42 Å². The van der Waals surface area contributed by atoms with Crippen molar-refractivity contribution in [2.75, 3.05) is 0 Å². The van der Waals surface area contributed by atoms with Crippen LogP contribution in [-0.4, -0.2) is 38.4 Å². The van der Waals surface area contributed by atoms with Gasteiger partial charge in [-0.05, 0) is 6.92 Å². The molecule has 16 heavy (non-hydrogen) atoms. The molecule has 3 N–H and O–H groups in total. The lowest BCUT2D eigenvalue weighted by molar-refractivity contribution is 0.535. The van der Waals surface area contributed by atoms with Crippen LogP contribution in [0, 0.1) is 0 Å². The number of aromatic nitrogens is 6. The van der Waals surface area contributed by atoms with Crippen LogP contribution < -0.4 is 5.14 Å². The van der Waals surface area contributed by atoms with Crippen LogP contribution in [0.5, 0.6) is 0 Å². The summed E-state index contributed by atoms with van der Waals surface area (Å²) in [6.07, 6.45) is 2.86. The van der Waals surface area contributed by atoms with Crippen molar-refractivity contribution in [2.24, 2.45) is 5.14 Å². The molecule has 10 heteroatoms. The Morgan fingerprint density at radius 1 is 1.56 bits per heavy atom. The summed E-state index contributed by atoms with van der Waals surface area (Å²) in [4.78, 5) is 7.54. The SMILES string of the molecule is CC(c1nc(S(N)(=O)=O)n[nH]1)n1cncn1. The number of nitrogens with two attached hydrogens (primary N) is 1.